The van der Waals surface area contributed by atoms with Crippen molar-refractivity contribution >= 4 is 39.9 Å². The maximum atomic E-state index is 11.2. The third kappa shape index (κ3) is 3.70. The second kappa shape index (κ2) is 7.18. The van der Waals surface area contributed by atoms with Crippen LogP contribution in [-0.2, 0) is 16.0 Å². The van der Waals surface area contributed by atoms with Crippen LogP contribution < -0.4 is 5.32 Å². The van der Waals surface area contributed by atoms with E-state index in [4.69, 9.17) is 11.6 Å². The topological polar surface area (TPSA) is 66.4 Å². The molecule has 0 atom stereocenters. The number of carbonyl (C=O) groups excluding carboxylic acids is 1. The molecule has 0 saturated heterocycles. The molecular weight excluding hydrogens is 350 g/mol. The highest BCUT2D eigenvalue weighted by Gasteiger charge is 2.14. The number of rotatable bonds is 4. The van der Waals surface area contributed by atoms with Crippen LogP contribution in [0.25, 0.3) is 21.9 Å². The highest BCUT2D eigenvalue weighted by atomic mass is 35.5. The fraction of sp³-hybridized carbons (Fsp3) is 0.143. The van der Waals surface area contributed by atoms with E-state index in [0.29, 0.717) is 10.7 Å². The van der Waals surface area contributed by atoms with E-state index >= 15 is 0 Å². The van der Waals surface area contributed by atoms with Crippen molar-refractivity contribution in [1.29, 1.82) is 0 Å². The second-order valence-electron chi connectivity index (χ2n) is 6.23. The summed E-state index contributed by atoms with van der Waals surface area (Å²) in [6.45, 7) is 3.39. The summed E-state index contributed by atoms with van der Waals surface area (Å²) in [5.41, 5.74) is 4.29. The maximum Gasteiger partial charge on any atom is 0.307 e. The number of nitrogens with one attached hydrogen (secondary N) is 1. The highest BCUT2D eigenvalue weighted by Crippen LogP contribution is 2.36. The van der Waals surface area contributed by atoms with Gasteiger partial charge >= 0.3 is 5.97 Å². The summed E-state index contributed by atoms with van der Waals surface area (Å²) in [6.07, 6.45) is -0.0403. The molecular formula is C21H18ClNO3. The highest BCUT2D eigenvalue weighted by molar-refractivity contribution is 6.31. The Morgan fingerprint density at radius 1 is 1.08 bits per heavy atom. The van der Waals surface area contributed by atoms with E-state index in [-0.39, 0.29) is 12.3 Å². The second-order valence-corrected chi connectivity index (χ2v) is 6.67. The zero-order valence-corrected chi connectivity index (χ0v) is 15.2. The number of halogens is 1. The minimum Gasteiger partial charge on any atom is -0.481 e. The predicted molar refractivity (Wildman–Crippen MR) is 105 cm³/mol. The minimum absolute atomic E-state index is 0.0403. The largest absolute Gasteiger partial charge is 0.481 e. The van der Waals surface area contributed by atoms with E-state index in [2.05, 4.69) is 5.32 Å². The molecule has 0 bridgehead atoms. The Morgan fingerprint density at radius 3 is 2.38 bits per heavy atom. The predicted octanol–water partition coefficient (Wildman–Crippen LogP) is 5.05. The number of fused-ring (bicyclic) bond motifs is 1. The molecule has 0 fully saturated rings. The van der Waals surface area contributed by atoms with Gasteiger partial charge in [-0.1, -0.05) is 35.9 Å². The third-order valence-electron chi connectivity index (χ3n) is 4.31. The van der Waals surface area contributed by atoms with E-state index in [1.54, 1.807) is 6.07 Å². The molecule has 3 aromatic rings. The van der Waals surface area contributed by atoms with E-state index < -0.39 is 5.97 Å². The summed E-state index contributed by atoms with van der Waals surface area (Å²) >= 11 is 6.20. The molecule has 3 rings (SSSR count). The molecule has 0 aliphatic carbocycles. The smallest absolute Gasteiger partial charge is 0.307 e. The maximum absolute atomic E-state index is 11.2. The third-order valence-corrected chi connectivity index (χ3v) is 4.54. The van der Waals surface area contributed by atoms with Crippen LogP contribution in [0.15, 0.2) is 48.5 Å². The van der Waals surface area contributed by atoms with Crippen LogP contribution in [0.3, 0.4) is 0 Å². The van der Waals surface area contributed by atoms with Gasteiger partial charge in [0, 0.05) is 17.6 Å². The molecule has 0 unspecified atom stereocenters. The number of carboxylic acid groups (broad SMARTS) is 1. The summed E-state index contributed by atoms with van der Waals surface area (Å²) in [6, 6.07) is 15.0. The average molecular weight is 368 g/mol. The molecule has 5 heteroatoms. The SMILES string of the molecule is CC(=O)Nc1ccc(-c2c(C)c(CC(=O)O)cc3ccc(Cl)cc23)cc1. The van der Waals surface area contributed by atoms with Gasteiger partial charge in [0.1, 0.15) is 0 Å². The molecule has 3 aromatic carbocycles. The van der Waals surface area contributed by atoms with Crippen molar-refractivity contribution in [2.24, 2.45) is 0 Å². The number of amides is 1. The van der Waals surface area contributed by atoms with E-state index in [1.165, 1.54) is 6.92 Å². The van der Waals surface area contributed by atoms with Gasteiger partial charge in [0.05, 0.1) is 6.42 Å². The van der Waals surface area contributed by atoms with Crippen LogP contribution in [0.5, 0.6) is 0 Å². The van der Waals surface area contributed by atoms with Gasteiger partial charge < -0.3 is 10.4 Å². The summed E-state index contributed by atoms with van der Waals surface area (Å²) in [5, 5.41) is 14.5. The van der Waals surface area contributed by atoms with Gasteiger partial charge in [-0.05, 0) is 64.2 Å². The van der Waals surface area contributed by atoms with Gasteiger partial charge in [0.2, 0.25) is 5.91 Å². The first-order valence-electron chi connectivity index (χ1n) is 8.16. The number of carbonyl (C=O) groups is 2. The number of hydrogen-bond donors (Lipinski definition) is 2. The lowest BCUT2D eigenvalue weighted by Crippen LogP contribution is -2.05. The molecule has 1 amide bonds. The number of anilines is 1. The van der Waals surface area contributed by atoms with E-state index in [1.807, 2.05) is 49.4 Å². The van der Waals surface area contributed by atoms with Crippen molar-refractivity contribution in [2.75, 3.05) is 5.32 Å². The molecule has 0 aromatic heterocycles. The molecule has 0 saturated carbocycles. The monoisotopic (exact) mass is 367 g/mol. The lowest BCUT2D eigenvalue weighted by atomic mass is 9.89. The van der Waals surface area contributed by atoms with Crippen molar-refractivity contribution in [3.8, 4) is 11.1 Å². The zero-order valence-electron chi connectivity index (χ0n) is 14.5. The Balaban J connectivity index is 2.21. The number of aliphatic carboxylic acids is 1. The number of benzene rings is 3. The Bertz CT molecular complexity index is 1010. The van der Waals surface area contributed by atoms with Crippen molar-refractivity contribution < 1.29 is 14.7 Å². The summed E-state index contributed by atoms with van der Waals surface area (Å²) in [4.78, 5) is 22.4. The standard InChI is InChI=1S/C21H18ClNO3/c1-12-16(10-20(25)26)9-15-3-6-17(22)11-19(15)21(12)14-4-7-18(8-5-14)23-13(2)24/h3-9,11H,10H2,1-2H3,(H,23,24)(H,25,26). The first-order chi connectivity index (χ1) is 12.3. The van der Waals surface area contributed by atoms with Gasteiger partial charge in [-0.2, -0.15) is 0 Å². The van der Waals surface area contributed by atoms with Crippen molar-refractivity contribution in [3.63, 3.8) is 0 Å². The number of carboxylic acids is 1. The molecule has 0 aliphatic heterocycles. The molecule has 0 radical (unpaired) electrons. The number of hydrogen-bond acceptors (Lipinski definition) is 2. The molecule has 0 aliphatic rings. The first-order valence-corrected chi connectivity index (χ1v) is 8.54. The van der Waals surface area contributed by atoms with Gasteiger partial charge in [-0.15, -0.1) is 0 Å². The van der Waals surface area contributed by atoms with Crippen molar-refractivity contribution in [3.05, 3.63) is 64.7 Å². The van der Waals surface area contributed by atoms with Crippen LogP contribution in [-0.4, -0.2) is 17.0 Å². The lowest BCUT2D eigenvalue weighted by molar-refractivity contribution is -0.136. The van der Waals surface area contributed by atoms with Gasteiger partial charge in [-0.3, -0.25) is 9.59 Å². The van der Waals surface area contributed by atoms with Crippen LogP contribution >= 0.6 is 11.6 Å². The molecule has 4 nitrogen and oxygen atoms in total. The first kappa shape index (κ1) is 18.0. The van der Waals surface area contributed by atoms with Gasteiger partial charge in [-0.25, -0.2) is 0 Å². The summed E-state index contributed by atoms with van der Waals surface area (Å²) in [7, 11) is 0. The Labute approximate surface area is 156 Å². The van der Waals surface area contributed by atoms with Crippen LogP contribution in [0.2, 0.25) is 5.02 Å². The van der Waals surface area contributed by atoms with Crippen molar-refractivity contribution in [1.82, 2.24) is 0 Å². The summed E-state index contributed by atoms with van der Waals surface area (Å²) in [5.74, 6) is -0.997. The fourth-order valence-electron chi connectivity index (χ4n) is 3.17. The minimum atomic E-state index is -0.867. The van der Waals surface area contributed by atoms with Crippen LogP contribution in [0.4, 0.5) is 5.69 Å². The zero-order chi connectivity index (χ0) is 18.8. The molecule has 0 spiro atoms. The Morgan fingerprint density at radius 2 is 1.77 bits per heavy atom. The lowest BCUT2D eigenvalue weighted by Gasteiger charge is -2.16. The molecule has 2 N–H and O–H groups in total. The molecule has 132 valence electrons. The Hall–Kier alpha value is -2.85. The van der Waals surface area contributed by atoms with E-state index in [0.717, 1.165) is 33.0 Å². The molecule has 0 heterocycles. The average Bonchev–Trinajstić information content (AvgIpc) is 2.56. The van der Waals surface area contributed by atoms with Gasteiger partial charge in [0.15, 0.2) is 0 Å². The quantitative estimate of drug-likeness (QED) is 0.677. The van der Waals surface area contributed by atoms with Gasteiger partial charge in [0.25, 0.3) is 0 Å². The fourth-order valence-corrected chi connectivity index (χ4v) is 3.34. The summed E-state index contributed by atoms with van der Waals surface area (Å²) < 4.78 is 0. The molecule has 26 heavy (non-hydrogen) atoms. The Kier molecular flexibility index (Phi) is 4.96. The van der Waals surface area contributed by atoms with Crippen LogP contribution in [0, 0.1) is 6.92 Å². The van der Waals surface area contributed by atoms with E-state index in [9.17, 15) is 14.7 Å². The van der Waals surface area contributed by atoms with Crippen molar-refractivity contribution in [2.45, 2.75) is 20.3 Å². The van der Waals surface area contributed by atoms with Crippen LogP contribution in [0.1, 0.15) is 18.1 Å². The normalized spacial score (nSPS) is 10.7.